The highest BCUT2D eigenvalue weighted by Gasteiger charge is 2.42. The van der Waals surface area contributed by atoms with Gasteiger partial charge in [-0.05, 0) is 52.3 Å². The summed E-state index contributed by atoms with van der Waals surface area (Å²) in [6.07, 6.45) is 3.37. The molecule has 0 saturated carbocycles. The lowest BCUT2D eigenvalue weighted by atomic mass is 9.77. The predicted octanol–water partition coefficient (Wildman–Crippen LogP) is 1.99. The molecule has 2 aliphatic rings. The molecule has 0 unspecified atom stereocenters. The molecule has 2 heterocycles. The second-order valence-electron chi connectivity index (χ2n) is 7.59. The maximum absolute atomic E-state index is 11.6. The first-order valence-electron chi connectivity index (χ1n) is 9.40. The third-order valence-corrected chi connectivity index (χ3v) is 4.85. The molecule has 1 aromatic carbocycles. The van der Waals surface area contributed by atoms with Gasteiger partial charge in [0, 0.05) is 6.54 Å². The standard InChI is InChI=1S/C18H27BN2O6/c1-18(2)13-26-19(27-18)14-11-16(24-3)17(12-15(14)21(22)23)25-10-6-9-20-7-4-5-8-20/h11-12H,4-10,13H2,1-3H3. The van der Waals surface area contributed by atoms with E-state index in [0.717, 1.165) is 26.1 Å². The van der Waals surface area contributed by atoms with Crippen LogP contribution in [0.5, 0.6) is 11.5 Å². The zero-order valence-electron chi connectivity index (χ0n) is 16.2. The van der Waals surface area contributed by atoms with Crippen molar-refractivity contribution in [1.29, 1.82) is 0 Å². The molecule has 27 heavy (non-hydrogen) atoms. The van der Waals surface area contributed by atoms with Crippen molar-refractivity contribution >= 4 is 18.3 Å². The zero-order valence-corrected chi connectivity index (χ0v) is 16.2. The number of benzene rings is 1. The fraction of sp³-hybridized carbons (Fsp3) is 0.667. The molecular weight excluding hydrogens is 351 g/mol. The molecule has 0 amide bonds. The lowest BCUT2D eigenvalue weighted by Crippen LogP contribution is -2.36. The Morgan fingerprint density at radius 2 is 2.04 bits per heavy atom. The number of ether oxygens (including phenoxy) is 2. The fourth-order valence-electron chi connectivity index (χ4n) is 3.45. The van der Waals surface area contributed by atoms with E-state index in [-0.39, 0.29) is 5.69 Å². The molecule has 0 bridgehead atoms. The van der Waals surface area contributed by atoms with Crippen LogP contribution in [0.4, 0.5) is 5.69 Å². The molecule has 8 nitrogen and oxygen atoms in total. The normalized spacial score (nSPS) is 19.4. The quantitative estimate of drug-likeness (QED) is 0.296. The number of nitro benzene ring substituents is 1. The summed E-state index contributed by atoms with van der Waals surface area (Å²) in [4.78, 5) is 13.6. The van der Waals surface area contributed by atoms with E-state index in [9.17, 15) is 10.1 Å². The Labute approximate surface area is 160 Å². The van der Waals surface area contributed by atoms with Gasteiger partial charge in [-0.3, -0.25) is 10.1 Å². The molecule has 2 aliphatic heterocycles. The average Bonchev–Trinajstić information content (AvgIpc) is 3.27. The van der Waals surface area contributed by atoms with Crippen LogP contribution in [0.2, 0.25) is 0 Å². The van der Waals surface area contributed by atoms with Crippen LogP contribution >= 0.6 is 0 Å². The topological polar surface area (TPSA) is 83.3 Å². The average molecular weight is 378 g/mol. The fourth-order valence-corrected chi connectivity index (χ4v) is 3.45. The van der Waals surface area contributed by atoms with Gasteiger partial charge < -0.3 is 23.7 Å². The number of nitrogens with zero attached hydrogens (tertiary/aromatic N) is 2. The molecule has 0 aromatic heterocycles. The van der Waals surface area contributed by atoms with Gasteiger partial charge in [0.15, 0.2) is 11.5 Å². The smallest absolute Gasteiger partial charge is 0.493 e. The van der Waals surface area contributed by atoms with Crippen LogP contribution in [-0.2, 0) is 9.31 Å². The van der Waals surface area contributed by atoms with Crippen LogP contribution in [0.1, 0.15) is 33.1 Å². The Balaban J connectivity index is 1.72. The van der Waals surface area contributed by atoms with E-state index in [1.807, 2.05) is 13.8 Å². The van der Waals surface area contributed by atoms with Gasteiger partial charge in [0.25, 0.3) is 5.69 Å². The second kappa shape index (κ2) is 8.45. The molecule has 2 fully saturated rings. The van der Waals surface area contributed by atoms with E-state index in [4.69, 9.17) is 18.8 Å². The summed E-state index contributed by atoms with van der Waals surface area (Å²) in [5.74, 6) is 0.806. The molecule has 0 radical (unpaired) electrons. The summed E-state index contributed by atoms with van der Waals surface area (Å²) < 4.78 is 22.6. The number of methoxy groups -OCH3 is 1. The Morgan fingerprint density at radius 3 is 2.63 bits per heavy atom. The third kappa shape index (κ3) is 4.91. The minimum Gasteiger partial charge on any atom is -0.493 e. The molecule has 9 heteroatoms. The number of likely N-dealkylation sites (tertiary alicyclic amines) is 1. The number of hydrogen-bond donors (Lipinski definition) is 0. The van der Waals surface area contributed by atoms with E-state index >= 15 is 0 Å². The molecule has 0 atom stereocenters. The van der Waals surface area contributed by atoms with Crippen molar-refractivity contribution < 1.29 is 23.7 Å². The minimum atomic E-state index is -0.793. The molecular formula is C18H27BN2O6. The minimum absolute atomic E-state index is 0.0898. The summed E-state index contributed by atoms with van der Waals surface area (Å²) in [5, 5.41) is 11.6. The first-order chi connectivity index (χ1) is 12.9. The van der Waals surface area contributed by atoms with Gasteiger partial charge in [-0.1, -0.05) is 0 Å². The first kappa shape index (κ1) is 19.9. The molecule has 1 aromatic rings. The van der Waals surface area contributed by atoms with Gasteiger partial charge in [0.2, 0.25) is 0 Å². The maximum Gasteiger partial charge on any atom is 0.501 e. The summed E-state index contributed by atoms with van der Waals surface area (Å²) in [6, 6.07) is 2.99. The van der Waals surface area contributed by atoms with Crippen molar-refractivity contribution in [2.45, 2.75) is 38.7 Å². The monoisotopic (exact) mass is 378 g/mol. The highest BCUT2D eigenvalue weighted by atomic mass is 16.7. The highest BCUT2D eigenvalue weighted by molar-refractivity contribution is 6.63. The van der Waals surface area contributed by atoms with Crippen LogP contribution < -0.4 is 14.9 Å². The summed E-state index contributed by atoms with van der Waals surface area (Å²) >= 11 is 0. The molecule has 0 aliphatic carbocycles. The van der Waals surface area contributed by atoms with Crippen LogP contribution in [0.3, 0.4) is 0 Å². The lowest BCUT2D eigenvalue weighted by Gasteiger charge is -2.17. The first-order valence-corrected chi connectivity index (χ1v) is 9.40. The molecule has 2 saturated heterocycles. The van der Waals surface area contributed by atoms with Crippen molar-refractivity contribution in [1.82, 2.24) is 4.90 Å². The highest BCUT2D eigenvalue weighted by Crippen LogP contribution is 2.32. The molecule has 0 spiro atoms. The van der Waals surface area contributed by atoms with Crippen LogP contribution in [0, 0.1) is 10.1 Å². The maximum atomic E-state index is 11.6. The summed E-state index contributed by atoms with van der Waals surface area (Å²) in [6.45, 7) is 7.87. The van der Waals surface area contributed by atoms with Gasteiger partial charge in [-0.25, -0.2) is 0 Å². The van der Waals surface area contributed by atoms with Crippen molar-refractivity contribution in [2.24, 2.45) is 0 Å². The van der Waals surface area contributed by atoms with Crippen LogP contribution in [0.25, 0.3) is 0 Å². The van der Waals surface area contributed by atoms with Crippen molar-refractivity contribution in [2.75, 3.05) is 40.0 Å². The largest absolute Gasteiger partial charge is 0.501 e. The summed E-state index contributed by atoms with van der Waals surface area (Å²) in [5.41, 5.74) is -0.240. The van der Waals surface area contributed by atoms with Gasteiger partial charge in [0.05, 0.1) is 42.4 Å². The van der Waals surface area contributed by atoms with Gasteiger partial charge in [-0.2, -0.15) is 0 Å². The predicted molar refractivity (Wildman–Crippen MR) is 102 cm³/mol. The van der Waals surface area contributed by atoms with E-state index in [0.29, 0.717) is 30.2 Å². The SMILES string of the molecule is COc1cc(B2OCC(C)(C)O2)c([N+](=O)[O-])cc1OCCCN1CCCC1. The van der Waals surface area contributed by atoms with E-state index in [1.54, 1.807) is 6.07 Å². The number of hydrogen-bond acceptors (Lipinski definition) is 7. The third-order valence-electron chi connectivity index (χ3n) is 4.85. The van der Waals surface area contributed by atoms with E-state index in [1.165, 1.54) is 26.0 Å². The Morgan fingerprint density at radius 1 is 1.30 bits per heavy atom. The van der Waals surface area contributed by atoms with E-state index in [2.05, 4.69) is 4.90 Å². The lowest BCUT2D eigenvalue weighted by molar-refractivity contribution is -0.383. The Hall–Kier alpha value is -1.84. The summed E-state index contributed by atoms with van der Waals surface area (Å²) in [7, 11) is 0.723. The number of rotatable bonds is 8. The second-order valence-corrected chi connectivity index (χ2v) is 7.59. The molecule has 3 rings (SSSR count). The molecule has 0 N–H and O–H groups in total. The van der Waals surface area contributed by atoms with Crippen molar-refractivity contribution in [3.8, 4) is 11.5 Å². The number of nitro groups is 1. The van der Waals surface area contributed by atoms with E-state index < -0.39 is 17.6 Å². The Bertz CT molecular complexity index is 678. The Kier molecular flexibility index (Phi) is 6.24. The van der Waals surface area contributed by atoms with Gasteiger partial charge in [-0.15, -0.1) is 0 Å². The van der Waals surface area contributed by atoms with Gasteiger partial charge >= 0.3 is 7.12 Å². The van der Waals surface area contributed by atoms with Crippen molar-refractivity contribution in [3.05, 3.63) is 22.2 Å². The van der Waals surface area contributed by atoms with Gasteiger partial charge in [0.1, 0.15) is 0 Å². The zero-order chi connectivity index (χ0) is 19.4. The van der Waals surface area contributed by atoms with Crippen LogP contribution in [-0.4, -0.2) is 62.5 Å². The van der Waals surface area contributed by atoms with Crippen LogP contribution in [0.15, 0.2) is 12.1 Å². The molecule has 148 valence electrons. The van der Waals surface area contributed by atoms with Crippen molar-refractivity contribution in [3.63, 3.8) is 0 Å².